The van der Waals surface area contributed by atoms with Gasteiger partial charge < -0.3 is 9.80 Å². The van der Waals surface area contributed by atoms with E-state index in [1.54, 1.807) is 4.90 Å². The Hall–Kier alpha value is -2.38. The Bertz CT molecular complexity index is 1030. The third-order valence-corrected chi connectivity index (χ3v) is 7.72. The Kier molecular flexibility index (Phi) is 4.72. The van der Waals surface area contributed by atoms with Gasteiger partial charge in [-0.25, -0.2) is 4.68 Å². The Balaban J connectivity index is 1.42. The Labute approximate surface area is 177 Å². The zero-order chi connectivity index (χ0) is 19.9. The third-order valence-electron chi connectivity index (χ3n) is 7.72. The molecule has 4 atom stereocenters. The standard InChI is InChI=1S/C23H29N7/c1-2-7-19(6-1)30-23(25-26-27-30)22(29-14-13-28-12-4-8-20(28)16-29)18-9-10-21-17(15-18)5-3-11-24-21/h3,5,9-11,15,19-20,22H,1-2,4,6-8,12-14,16H2/p+2/t20-,22-/m1/s1. The molecule has 7 nitrogen and oxygen atoms in total. The molecule has 2 unspecified atom stereocenters. The van der Waals surface area contributed by atoms with E-state index in [-0.39, 0.29) is 6.04 Å². The molecular weight excluding hydrogens is 374 g/mol. The second-order valence-corrected chi connectivity index (χ2v) is 9.42. The third kappa shape index (κ3) is 3.20. The molecule has 2 saturated heterocycles. The minimum atomic E-state index is 0.187. The highest BCUT2D eigenvalue weighted by Crippen LogP contribution is 2.31. The minimum absolute atomic E-state index is 0.187. The van der Waals surface area contributed by atoms with Crippen molar-refractivity contribution in [1.82, 2.24) is 25.2 Å². The van der Waals surface area contributed by atoms with Crippen LogP contribution in [0.5, 0.6) is 0 Å². The molecule has 4 heterocycles. The van der Waals surface area contributed by atoms with E-state index in [1.807, 2.05) is 17.2 Å². The highest BCUT2D eigenvalue weighted by atomic mass is 15.6. The number of piperazine rings is 1. The number of aromatic nitrogens is 5. The molecule has 2 aliphatic heterocycles. The minimum Gasteiger partial charge on any atom is -0.323 e. The number of quaternary nitrogens is 2. The van der Waals surface area contributed by atoms with Gasteiger partial charge in [0.2, 0.25) is 5.82 Å². The van der Waals surface area contributed by atoms with Crippen molar-refractivity contribution in [3.05, 3.63) is 47.9 Å². The van der Waals surface area contributed by atoms with Crippen LogP contribution >= 0.6 is 0 Å². The van der Waals surface area contributed by atoms with Gasteiger partial charge in [0.15, 0.2) is 6.04 Å². The summed E-state index contributed by atoms with van der Waals surface area (Å²) in [7, 11) is 0. The highest BCUT2D eigenvalue weighted by molar-refractivity contribution is 5.79. The van der Waals surface area contributed by atoms with Gasteiger partial charge in [0, 0.05) is 30.0 Å². The molecule has 1 aromatic carbocycles. The summed E-state index contributed by atoms with van der Waals surface area (Å²) in [5.74, 6) is 1.06. The lowest BCUT2D eigenvalue weighted by molar-refractivity contribution is -1.03. The second kappa shape index (κ2) is 7.71. The number of hydrogen-bond donors (Lipinski definition) is 2. The Morgan fingerprint density at radius 3 is 2.87 bits per heavy atom. The first kappa shape index (κ1) is 18.4. The van der Waals surface area contributed by atoms with Crippen molar-refractivity contribution in [2.24, 2.45) is 0 Å². The van der Waals surface area contributed by atoms with Gasteiger partial charge in [-0.3, -0.25) is 4.98 Å². The molecule has 0 spiro atoms. The maximum atomic E-state index is 4.64. The summed E-state index contributed by atoms with van der Waals surface area (Å²) in [5.41, 5.74) is 2.37. The largest absolute Gasteiger partial charge is 0.323 e. The van der Waals surface area contributed by atoms with E-state index in [0.29, 0.717) is 6.04 Å². The van der Waals surface area contributed by atoms with Crippen LogP contribution in [0.2, 0.25) is 0 Å². The zero-order valence-corrected chi connectivity index (χ0v) is 17.5. The van der Waals surface area contributed by atoms with Crippen LogP contribution < -0.4 is 9.80 Å². The molecule has 2 aromatic heterocycles. The van der Waals surface area contributed by atoms with Gasteiger partial charge in [0.05, 0.1) is 18.1 Å². The van der Waals surface area contributed by atoms with E-state index in [9.17, 15) is 0 Å². The van der Waals surface area contributed by atoms with Crippen LogP contribution in [0, 0.1) is 0 Å². The summed E-state index contributed by atoms with van der Waals surface area (Å²) in [4.78, 5) is 7.97. The fourth-order valence-electron chi connectivity index (χ4n) is 6.20. The van der Waals surface area contributed by atoms with Crippen molar-refractivity contribution in [3.63, 3.8) is 0 Å². The van der Waals surface area contributed by atoms with Crippen molar-refractivity contribution in [2.75, 3.05) is 26.2 Å². The van der Waals surface area contributed by atoms with Gasteiger partial charge in [-0.05, 0) is 41.5 Å². The van der Waals surface area contributed by atoms with Crippen molar-refractivity contribution < 1.29 is 9.80 Å². The molecule has 3 aliphatic rings. The molecule has 0 radical (unpaired) electrons. The van der Waals surface area contributed by atoms with Crippen LogP contribution in [0.15, 0.2) is 36.5 Å². The number of fused-ring (bicyclic) bond motifs is 2. The SMILES string of the molecule is c1cnc2ccc([C@H](c3nnnn3C3CCCC3)[NH+]3CC[NH+]4CCC[C@@H]4C3)cc2c1. The van der Waals surface area contributed by atoms with Crippen LogP contribution in [-0.2, 0) is 0 Å². The number of tetrazole rings is 1. The smallest absolute Gasteiger partial charge is 0.214 e. The van der Waals surface area contributed by atoms with Crippen molar-refractivity contribution in [2.45, 2.75) is 56.7 Å². The fraction of sp³-hybridized carbons (Fsp3) is 0.565. The predicted octanol–water partition coefficient (Wildman–Crippen LogP) is 0.372. The van der Waals surface area contributed by atoms with E-state index < -0.39 is 0 Å². The van der Waals surface area contributed by atoms with Crippen LogP contribution in [0.25, 0.3) is 10.9 Å². The molecule has 1 saturated carbocycles. The molecule has 3 fully saturated rings. The first-order valence-electron chi connectivity index (χ1n) is 11.7. The van der Waals surface area contributed by atoms with E-state index in [4.69, 9.17) is 0 Å². The average Bonchev–Trinajstić information content (AvgIpc) is 3.54. The van der Waals surface area contributed by atoms with E-state index in [2.05, 4.69) is 49.5 Å². The van der Waals surface area contributed by atoms with Gasteiger partial charge >= 0.3 is 0 Å². The monoisotopic (exact) mass is 405 g/mol. The summed E-state index contributed by atoms with van der Waals surface area (Å²) in [5, 5.41) is 14.5. The summed E-state index contributed by atoms with van der Waals surface area (Å²) in [6, 6.07) is 12.4. The molecule has 1 aliphatic carbocycles. The molecule has 6 rings (SSSR count). The lowest BCUT2D eigenvalue weighted by atomic mass is 9.99. The summed E-state index contributed by atoms with van der Waals surface area (Å²) < 4.78 is 2.17. The number of nitrogens with zero attached hydrogens (tertiary/aromatic N) is 5. The number of pyridine rings is 1. The molecule has 7 heteroatoms. The first-order valence-corrected chi connectivity index (χ1v) is 11.7. The van der Waals surface area contributed by atoms with Gasteiger partial charge in [0.25, 0.3) is 0 Å². The van der Waals surface area contributed by atoms with Crippen LogP contribution in [-0.4, -0.2) is 57.4 Å². The molecule has 0 bridgehead atoms. The number of hydrogen-bond acceptors (Lipinski definition) is 4. The summed E-state index contributed by atoms with van der Waals surface area (Å²) >= 11 is 0. The zero-order valence-electron chi connectivity index (χ0n) is 17.5. The molecule has 2 N–H and O–H groups in total. The van der Waals surface area contributed by atoms with E-state index >= 15 is 0 Å². The molecule has 0 amide bonds. The molecule has 30 heavy (non-hydrogen) atoms. The van der Waals surface area contributed by atoms with Crippen LogP contribution in [0.1, 0.15) is 62.0 Å². The number of nitrogens with one attached hydrogen (secondary N) is 2. The van der Waals surface area contributed by atoms with Gasteiger partial charge in [-0.2, -0.15) is 0 Å². The molecular formula is C23H31N7+2. The van der Waals surface area contributed by atoms with Crippen LogP contribution in [0.4, 0.5) is 0 Å². The first-order chi connectivity index (χ1) is 14.9. The van der Waals surface area contributed by atoms with Crippen LogP contribution in [0.3, 0.4) is 0 Å². The van der Waals surface area contributed by atoms with Gasteiger partial charge in [0.1, 0.15) is 25.7 Å². The van der Waals surface area contributed by atoms with Crippen molar-refractivity contribution in [1.29, 1.82) is 0 Å². The normalized spacial score (nSPS) is 28.1. The maximum absolute atomic E-state index is 4.64. The fourth-order valence-corrected chi connectivity index (χ4v) is 6.20. The average molecular weight is 406 g/mol. The molecule has 3 aromatic rings. The van der Waals surface area contributed by atoms with E-state index in [0.717, 1.165) is 17.4 Å². The molecule has 156 valence electrons. The summed E-state index contributed by atoms with van der Waals surface area (Å²) in [6.45, 7) is 5.00. The van der Waals surface area contributed by atoms with Crippen molar-refractivity contribution in [3.8, 4) is 0 Å². The Morgan fingerprint density at radius 2 is 1.93 bits per heavy atom. The lowest BCUT2D eigenvalue weighted by Crippen LogP contribution is -3.29. The Morgan fingerprint density at radius 1 is 1.00 bits per heavy atom. The topological polar surface area (TPSA) is 65.4 Å². The number of rotatable bonds is 4. The lowest BCUT2D eigenvalue weighted by Gasteiger charge is -2.36. The quantitative estimate of drug-likeness (QED) is 0.658. The van der Waals surface area contributed by atoms with Gasteiger partial charge in [-0.1, -0.05) is 25.0 Å². The maximum Gasteiger partial charge on any atom is 0.214 e. The second-order valence-electron chi connectivity index (χ2n) is 9.42. The number of benzene rings is 1. The van der Waals surface area contributed by atoms with Gasteiger partial charge in [-0.15, -0.1) is 5.10 Å². The summed E-state index contributed by atoms with van der Waals surface area (Å²) in [6.07, 6.45) is 9.57. The van der Waals surface area contributed by atoms with Crippen molar-refractivity contribution >= 4 is 10.9 Å². The van der Waals surface area contributed by atoms with E-state index in [1.165, 1.54) is 75.7 Å². The predicted molar refractivity (Wildman–Crippen MR) is 113 cm³/mol. The highest BCUT2D eigenvalue weighted by Gasteiger charge is 2.43.